The number of aliphatic hydroxyl groups is 1. The molecule has 6 heteroatoms. The zero-order chi connectivity index (χ0) is 19.1. The van der Waals surface area contributed by atoms with Gasteiger partial charge in [0.1, 0.15) is 0 Å². The maximum atomic E-state index is 12.5. The monoisotopic (exact) mass is 350 g/mol. The molecule has 0 heterocycles. The summed E-state index contributed by atoms with van der Waals surface area (Å²) in [5.74, 6) is -0.822. The highest BCUT2D eigenvalue weighted by Crippen LogP contribution is 2.26. The first-order valence-electron chi connectivity index (χ1n) is 8.56. The Balaban J connectivity index is 0.000000705. The van der Waals surface area contributed by atoms with Crippen molar-refractivity contribution in [3.8, 4) is 0 Å². The van der Waals surface area contributed by atoms with Gasteiger partial charge in [0.05, 0.1) is 6.10 Å². The topological polar surface area (TPSA) is 104 Å². The summed E-state index contributed by atoms with van der Waals surface area (Å²) in [6.45, 7) is 5.87. The quantitative estimate of drug-likeness (QED) is 0.772. The number of aliphatic carboxylic acids is 1. The number of benzene rings is 1. The zero-order valence-electron chi connectivity index (χ0n) is 15.5. The van der Waals surface area contributed by atoms with Crippen LogP contribution in [0.3, 0.4) is 0 Å². The highest BCUT2D eigenvalue weighted by molar-refractivity contribution is 5.78. The lowest BCUT2D eigenvalue weighted by molar-refractivity contribution is -0.137. The summed E-state index contributed by atoms with van der Waals surface area (Å²) in [7, 11) is 1.84. The number of aliphatic hydroxyl groups excluding tert-OH is 1. The van der Waals surface area contributed by atoms with Gasteiger partial charge in [-0.1, -0.05) is 18.2 Å². The van der Waals surface area contributed by atoms with Crippen molar-refractivity contribution in [2.24, 2.45) is 11.7 Å². The largest absolute Gasteiger partial charge is 0.481 e. The number of hydrogen-bond acceptors (Lipinski definition) is 4. The molecule has 0 aliphatic heterocycles. The van der Waals surface area contributed by atoms with Gasteiger partial charge in [-0.15, -0.1) is 0 Å². The van der Waals surface area contributed by atoms with E-state index >= 15 is 0 Å². The van der Waals surface area contributed by atoms with Crippen molar-refractivity contribution < 1.29 is 19.8 Å². The van der Waals surface area contributed by atoms with Gasteiger partial charge in [-0.3, -0.25) is 9.59 Å². The van der Waals surface area contributed by atoms with Crippen LogP contribution in [-0.2, 0) is 16.1 Å². The zero-order valence-corrected chi connectivity index (χ0v) is 15.5. The maximum Gasteiger partial charge on any atom is 0.300 e. The van der Waals surface area contributed by atoms with Gasteiger partial charge in [0, 0.05) is 32.5 Å². The number of hydrogen-bond donors (Lipinski definition) is 3. The van der Waals surface area contributed by atoms with Crippen molar-refractivity contribution in [3.05, 3.63) is 34.9 Å². The van der Waals surface area contributed by atoms with Crippen molar-refractivity contribution in [1.82, 2.24) is 4.90 Å². The molecule has 1 aromatic carbocycles. The van der Waals surface area contributed by atoms with Gasteiger partial charge in [-0.05, 0) is 49.8 Å². The molecular weight excluding hydrogens is 320 g/mol. The fourth-order valence-corrected chi connectivity index (χ4v) is 3.02. The van der Waals surface area contributed by atoms with Gasteiger partial charge in [0.25, 0.3) is 5.97 Å². The van der Waals surface area contributed by atoms with Crippen LogP contribution in [0.25, 0.3) is 0 Å². The molecule has 6 nitrogen and oxygen atoms in total. The Morgan fingerprint density at radius 3 is 2.44 bits per heavy atom. The van der Waals surface area contributed by atoms with Crippen LogP contribution in [0.2, 0.25) is 0 Å². The molecule has 0 saturated heterocycles. The van der Waals surface area contributed by atoms with Crippen LogP contribution in [0, 0.1) is 19.8 Å². The lowest BCUT2D eigenvalue weighted by Gasteiger charge is -2.32. The Hall–Kier alpha value is -1.92. The predicted molar refractivity (Wildman–Crippen MR) is 97.0 cm³/mol. The number of aryl methyl sites for hydroxylation is 1. The molecule has 2 rings (SSSR count). The Morgan fingerprint density at radius 1 is 1.28 bits per heavy atom. The van der Waals surface area contributed by atoms with Crippen LogP contribution in [0.5, 0.6) is 0 Å². The highest BCUT2D eigenvalue weighted by atomic mass is 16.4. The summed E-state index contributed by atoms with van der Waals surface area (Å²) in [4.78, 5) is 23.3. The third-order valence-corrected chi connectivity index (χ3v) is 4.72. The number of rotatable bonds is 3. The van der Waals surface area contributed by atoms with E-state index in [1.807, 2.05) is 13.1 Å². The Bertz CT molecular complexity index is 599. The van der Waals surface area contributed by atoms with Crippen LogP contribution in [-0.4, -0.2) is 46.2 Å². The summed E-state index contributed by atoms with van der Waals surface area (Å²) in [5.41, 5.74) is 9.46. The fraction of sp³-hybridized carbons (Fsp3) is 0.579. The van der Waals surface area contributed by atoms with Crippen LogP contribution in [0.15, 0.2) is 18.2 Å². The highest BCUT2D eigenvalue weighted by Gasteiger charge is 2.32. The first-order chi connectivity index (χ1) is 11.6. The molecule has 0 bridgehead atoms. The lowest BCUT2D eigenvalue weighted by atomic mass is 9.83. The van der Waals surface area contributed by atoms with E-state index in [9.17, 15) is 9.90 Å². The average molecular weight is 350 g/mol. The van der Waals surface area contributed by atoms with Crippen LogP contribution in [0.4, 0.5) is 0 Å². The molecule has 1 aliphatic carbocycles. The van der Waals surface area contributed by atoms with Gasteiger partial charge in [0.15, 0.2) is 0 Å². The van der Waals surface area contributed by atoms with E-state index in [-0.39, 0.29) is 17.9 Å². The average Bonchev–Trinajstić information content (AvgIpc) is 2.53. The van der Waals surface area contributed by atoms with Gasteiger partial charge >= 0.3 is 0 Å². The predicted octanol–water partition coefficient (Wildman–Crippen LogP) is 1.84. The molecule has 0 radical (unpaired) electrons. The van der Waals surface area contributed by atoms with E-state index < -0.39 is 12.1 Å². The molecule has 1 aliphatic rings. The van der Waals surface area contributed by atoms with E-state index in [2.05, 4.69) is 26.0 Å². The third kappa shape index (κ3) is 6.48. The maximum absolute atomic E-state index is 12.5. The molecule has 3 atom stereocenters. The number of amides is 1. The molecule has 140 valence electrons. The van der Waals surface area contributed by atoms with E-state index in [1.165, 1.54) is 16.7 Å². The van der Waals surface area contributed by atoms with Gasteiger partial charge in [-0.2, -0.15) is 0 Å². The number of carbonyl (C=O) groups excluding carboxylic acids is 1. The number of nitrogens with zero attached hydrogens (tertiary/aromatic N) is 1. The second-order valence-electron chi connectivity index (χ2n) is 6.81. The molecule has 0 unspecified atom stereocenters. The van der Waals surface area contributed by atoms with E-state index in [0.29, 0.717) is 13.0 Å². The summed E-state index contributed by atoms with van der Waals surface area (Å²) in [6, 6.07) is 6.00. The first-order valence-corrected chi connectivity index (χ1v) is 8.56. The lowest BCUT2D eigenvalue weighted by Crippen LogP contribution is -2.44. The molecular formula is C19H30N2O4. The second-order valence-corrected chi connectivity index (χ2v) is 6.81. The summed E-state index contributed by atoms with van der Waals surface area (Å²) >= 11 is 0. The molecule has 0 aromatic heterocycles. The van der Waals surface area contributed by atoms with Crippen molar-refractivity contribution in [2.75, 3.05) is 7.05 Å². The number of carbonyl (C=O) groups is 2. The van der Waals surface area contributed by atoms with Crippen LogP contribution >= 0.6 is 0 Å². The second kappa shape index (κ2) is 9.53. The molecule has 25 heavy (non-hydrogen) atoms. The smallest absolute Gasteiger partial charge is 0.300 e. The molecule has 1 fully saturated rings. The van der Waals surface area contributed by atoms with E-state index in [1.54, 1.807) is 4.90 Å². The summed E-state index contributed by atoms with van der Waals surface area (Å²) < 4.78 is 0. The van der Waals surface area contributed by atoms with Crippen molar-refractivity contribution in [3.63, 3.8) is 0 Å². The van der Waals surface area contributed by atoms with Crippen LogP contribution < -0.4 is 5.73 Å². The molecule has 1 aromatic rings. The Morgan fingerprint density at radius 2 is 1.88 bits per heavy atom. The standard InChI is InChI=1S/C17H26N2O2.C2H4O2/c1-11-5-4-6-14(12(11)2)10-19(3)17(21)13-7-8-15(18)16(20)9-13;1-2(3)4/h4-6,13,15-16,20H,7-10,18H2,1-3H3;1H3,(H,3,4)/t13-,15-,16-;/m0./s1. The fourth-order valence-electron chi connectivity index (χ4n) is 3.02. The van der Waals surface area contributed by atoms with Gasteiger partial charge in [0.2, 0.25) is 5.91 Å². The number of carboxylic acids is 1. The van der Waals surface area contributed by atoms with Crippen molar-refractivity contribution in [2.45, 2.75) is 58.7 Å². The van der Waals surface area contributed by atoms with Crippen molar-refractivity contribution >= 4 is 11.9 Å². The minimum atomic E-state index is -0.833. The molecule has 1 saturated carbocycles. The Labute approximate surface area is 149 Å². The van der Waals surface area contributed by atoms with Gasteiger partial charge < -0.3 is 20.8 Å². The minimum absolute atomic E-state index is 0.102. The van der Waals surface area contributed by atoms with Crippen molar-refractivity contribution in [1.29, 1.82) is 0 Å². The third-order valence-electron chi connectivity index (χ3n) is 4.72. The minimum Gasteiger partial charge on any atom is -0.481 e. The summed E-state index contributed by atoms with van der Waals surface area (Å²) in [6.07, 6.45) is 1.42. The molecule has 0 spiro atoms. The van der Waals surface area contributed by atoms with E-state index in [0.717, 1.165) is 19.8 Å². The van der Waals surface area contributed by atoms with Crippen LogP contribution in [0.1, 0.15) is 42.9 Å². The first kappa shape index (κ1) is 21.1. The SMILES string of the molecule is CC(=O)O.Cc1cccc(CN(C)C(=O)[C@H]2CC[C@H](N)[C@@H](O)C2)c1C. The normalized spacial score (nSPS) is 22.6. The summed E-state index contributed by atoms with van der Waals surface area (Å²) in [5, 5.41) is 17.3. The van der Waals surface area contributed by atoms with Gasteiger partial charge in [-0.25, -0.2) is 0 Å². The molecule has 4 N–H and O–H groups in total. The van der Waals surface area contributed by atoms with E-state index in [4.69, 9.17) is 15.6 Å². The number of carboxylic acid groups (broad SMARTS) is 1. The molecule has 1 amide bonds. The number of nitrogens with two attached hydrogens (primary N) is 1. The Kier molecular flexibility index (Phi) is 8.06.